The van der Waals surface area contributed by atoms with E-state index < -0.39 is 51.0 Å². The van der Waals surface area contributed by atoms with Crippen molar-refractivity contribution >= 4 is 13.7 Å². The summed E-state index contributed by atoms with van der Waals surface area (Å²) in [5, 5.41) is 32.3. The van der Waals surface area contributed by atoms with E-state index in [1.165, 1.54) is 83.6 Å². The molecule has 0 bridgehead atoms. The molecule has 2 unspecified atom stereocenters. The van der Waals surface area contributed by atoms with Crippen LogP contribution in [0.2, 0.25) is 0 Å². The number of phosphoric ester groups is 1. The largest absolute Gasteiger partial charge is 0.756 e. The highest BCUT2D eigenvalue weighted by molar-refractivity contribution is 7.45. The molecular formula is C63H107NO9P-. The summed E-state index contributed by atoms with van der Waals surface area (Å²) in [5.74, 6) is 0.405. The minimum Gasteiger partial charge on any atom is -0.756 e. The van der Waals surface area contributed by atoms with Crippen LogP contribution in [0, 0.1) is 11.8 Å². The molecule has 1 aliphatic heterocycles. The zero-order valence-electron chi connectivity index (χ0n) is 48.9. The lowest BCUT2D eigenvalue weighted by Gasteiger charge is -2.43. The Balaban J connectivity index is 2.27. The van der Waals surface area contributed by atoms with E-state index in [1.54, 1.807) is 5.57 Å². The maximum atomic E-state index is 12.6. The van der Waals surface area contributed by atoms with Crippen molar-refractivity contribution < 1.29 is 43.4 Å². The minimum absolute atomic E-state index is 0.112. The summed E-state index contributed by atoms with van der Waals surface area (Å²) >= 11 is 0. The van der Waals surface area contributed by atoms with Crippen molar-refractivity contribution in [3.8, 4) is 0 Å². The van der Waals surface area contributed by atoms with E-state index in [4.69, 9.17) is 13.8 Å². The second-order valence-corrected chi connectivity index (χ2v) is 23.7. The molecule has 0 aromatic carbocycles. The van der Waals surface area contributed by atoms with Gasteiger partial charge in [0.2, 0.25) is 5.91 Å². The van der Waals surface area contributed by atoms with Gasteiger partial charge < -0.3 is 34.8 Å². The molecule has 0 spiro atoms. The number of aliphatic hydroxyl groups excluding tert-OH is 3. The monoisotopic (exact) mass is 1050 g/mol. The maximum Gasteiger partial charge on any atom is 0.270 e. The smallest absolute Gasteiger partial charge is 0.270 e. The number of hydrogen-bond acceptors (Lipinski definition) is 9. The first-order valence-electron chi connectivity index (χ1n) is 28.5. The summed E-state index contributed by atoms with van der Waals surface area (Å²) < 4.78 is 28.0. The topological polar surface area (TPSA) is 158 Å². The fraction of sp³-hybridized carbons (Fsp3) is 0.698. The molecule has 1 aliphatic rings. The van der Waals surface area contributed by atoms with Crippen LogP contribution in [0.3, 0.4) is 0 Å². The average Bonchev–Trinajstić information content (AvgIpc) is 3.31. The molecule has 1 amide bonds. The number of carbonyl (C=O) groups is 1. The third-order valence-electron chi connectivity index (χ3n) is 14.1. The quantitative estimate of drug-likeness (QED) is 0.0347. The molecule has 1 heterocycles. The lowest BCUT2D eigenvalue weighted by atomic mass is 9.97. The van der Waals surface area contributed by atoms with Crippen LogP contribution in [0.25, 0.3) is 0 Å². The Bertz CT molecular complexity index is 1930. The van der Waals surface area contributed by atoms with E-state index in [1.807, 2.05) is 6.92 Å². The van der Waals surface area contributed by atoms with Gasteiger partial charge in [0.1, 0.15) is 24.4 Å². The first kappa shape index (κ1) is 69.1. The van der Waals surface area contributed by atoms with Crippen LogP contribution in [0.5, 0.6) is 0 Å². The zero-order chi connectivity index (χ0) is 55.5. The van der Waals surface area contributed by atoms with E-state index in [9.17, 15) is 29.6 Å². The molecular weight excluding hydrogens is 946 g/mol. The molecule has 0 radical (unpaired) electrons. The zero-order valence-corrected chi connectivity index (χ0v) is 49.8. The molecule has 11 heteroatoms. The summed E-state index contributed by atoms with van der Waals surface area (Å²) in [4.78, 5) is 24.2. The number of phosphoric acid groups is 1. The van der Waals surface area contributed by atoms with E-state index in [0.29, 0.717) is 6.42 Å². The number of carbonyl (C=O) groups excluding carboxylic acids is 1. The lowest BCUT2D eigenvalue weighted by Crippen LogP contribution is -2.64. The summed E-state index contributed by atoms with van der Waals surface area (Å²) in [6, 6.07) is -1.38. The van der Waals surface area contributed by atoms with Crippen molar-refractivity contribution in [3.05, 3.63) is 105 Å². The van der Waals surface area contributed by atoms with Crippen LogP contribution in [-0.2, 0) is 23.1 Å². The SMILES string of the molecule is CC(=O)N[C@H]1[C@@H](OP(=O)([O-])OCCC(C)CC/C=C(/C)CC/C=C(/C)CC/C=C(/C)CC/C=C(/C)CC/C=C(/C)CC/C=C(/C)CC/C=C(/C)CC/C=C(\C)CC/C=C(\C)CCCC(C)C)O[C@H](CO)[C@@H](O)[C@@H]1O. The van der Waals surface area contributed by atoms with Crippen molar-refractivity contribution in [2.45, 2.75) is 262 Å². The Hall–Kier alpha value is -2.92. The second-order valence-electron chi connectivity index (χ2n) is 22.3. The molecule has 74 heavy (non-hydrogen) atoms. The average molecular weight is 1050 g/mol. The van der Waals surface area contributed by atoms with Crippen molar-refractivity contribution in [1.82, 2.24) is 5.32 Å². The first-order chi connectivity index (χ1) is 35.0. The maximum absolute atomic E-state index is 12.6. The molecule has 0 aromatic heterocycles. The van der Waals surface area contributed by atoms with Crippen LogP contribution < -0.4 is 10.2 Å². The van der Waals surface area contributed by atoms with Gasteiger partial charge in [0.15, 0.2) is 6.29 Å². The summed E-state index contributed by atoms with van der Waals surface area (Å²) in [7, 11) is -4.91. The highest BCUT2D eigenvalue weighted by Gasteiger charge is 2.46. The number of nitrogens with one attached hydrogen (secondary N) is 1. The molecule has 0 saturated carbocycles. The third-order valence-corrected chi connectivity index (χ3v) is 15.1. The standard InChI is InChI=1S/C63H108NO9P/c1-47(2)24-14-25-48(3)26-15-27-49(4)28-16-29-50(5)30-17-31-51(6)32-18-33-52(7)34-19-35-53(8)36-20-37-54(9)38-21-39-55(10)40-22-41-56(11)42-23-43-57(12)44-45-71-74(69,70)73-63-60(64-58(13)66)62(68)61(67)59(46-65)72-63/h26,28,30,32,34,36,38,40,42,47,57,59-63,65,67-68H,14-25,27,29,31,33,35,37,39,41,43-46H2,1-13H3,(H,64,66)(H,69,70)/p-1/b48-26+,49-28+,50-30-,51-32-,52-34-,53-36-,54-38-,55-40-,56-42-/t57?,59-,60-,61-,62-,63-/m1/s1. The van der Waals surface area contributed by atoms with Gasteiger partial charge in [-0.1, -0.05) is 132 Å². The van der Waals surface area contributed by atoms with Gasteiger partial charge in [-0.15, -0.1) is 0 Å². The van der Waals surface area contributed by atoms with Gasteiger partial charge in [-0.05, 0) is 209 Å². The molecule has 1 rings (SSSR count). The highest BCUT2D eigenvalue weighted by Crippen LogP contribution is 2.43. The Kier molecular flexibility index (Phi) is 37.6. The van der Waals surface area contributed by atoms with E-state index in [2.05, 4.69) is 136 Å². The minimum atomic E-state index is -4.91. The Morgan fingerprint density at radius 1 is 0.541 bits per heavy atom. The Morgan fingerprint density at radius 3 is 1.20 bits per heavy atom. The fourth-order valence-corrected chi connectivity index (χ4v) is 9.75. The van der Waals surface area contributed by atoms with Crippen LogP contribution in [0.4, 0.5) is 0 Å². The summed E-state index contributed by atoms with van der Waals surface area (Å²) in [6.07, 6.45) is 39.4. The van der Waals surface area contributed by atoms with E-state index in [-0.39, 0.29) is 12.5 Å². The lowest BCUT2D eigenvalue weighted by molar-refractivity contribution is -0.283. The Morgan fingerprint density at radius 2 is 0.878 bits per heavy atom. The number of ether oxygens (including phenoxy) is 1. The van der Waals surface area contributed by atoms with Crippen LogP contribution in [-0.4, -0.2) is 65.1 Å². The van der Waals surface area contributed by atoms with Gasteiger partial charge in [0.25, 0.3) is 7.82 Å². The number of hydrogen-bond donors (Lipinski definition) is 4. The molecule has 10 nitrogen and oxygen atoms in total. The van der Waals surface area contributed by atoms with Gasteiger partial charge in [0, 0.05) is 6.92 Å². The van der Waals surface area contributed by atoms with Gasteiger partial charge in [-0.3, -0.25) is 13.9 Å². The Labute approximate surface area is 452 Å². The molecule has 1 saturated heterocycles. The van der Waals surface area contributed by atoms with Crippen LogP contribution >= 0.6 is 7.82 Å². The fourth-order valence-electron chi connectivity index (χ4n) is 8.92. The molecule has 4 N–H and O–H groups in total. The predicted octanol–water partition coefficient (Wildman–Crippen LogP) is 15.8. The molecule has 0 aromatic rings. The van der Waals surface area contributed by atoms with Crippen molar-refractivity contribution in [1.29, 1.82) is 0 Å². The van der Waals surface area contributed by atoms with Gasteiger partial charge in [0.05, 0.1) is 13.2 Å². The summed E-state index contributed by atoms with van der Waals surface area (Å²) in [6.45, 7) is 27.4. The van der Waals surface area contributed by atoms with Crippen molar-refractivity contribution in [3.63, 3.8) is 0 Å². The predicted molar refractivity (Wildman–Crippen MR) is 309 cm³/mol. The second kappa shape index (κ2) is 40.3. The van der Waals surface area contributed by atoms with E-state index >= 15 is 0 Å². The first-order valence-corrected chi connectivity index (χ1v) is 29.9. The molecule has 1 fully saturated rings. The van der Waals surface area contributed by atoms with Gasteiger partial charge >= 0.3 is 0 Å². The number of allylic oxidation sites excluding steroid dienone is 18. The highest BCUT2D eigenvalue weighted by atomic mass is 31.2. The van der Waals surface area contributed by atoms with Gasteiger partial charge in [-0.2, -0.15) is 0 Å². The normalized spacial score (nSPS) is 21.6. The summed E-state index contributed by atoms with van der Waals surface area (Å²) in [5.41, 5.74) is 13.3. The molecule has 0 aliphatic carbocycles. The van der Waals surface area contributed by atoms with Crippen molar-refractivity contribution in [2.24, 2.45) is 11.8 Å². The molecule has 7 atom stereocenters. The number of amides is 1. The molecule has 424 valence electrons. The number of aliphatic hydroxyl groups is 3. The van der Waals surface area contributed by atoms with Crippen molar-refractivity contribution in [2.75, 3.05) is 13.2 Å². The van der Waals surface area contributed by atoms with Crippen LogP contribution in [0.1, 0.15) is 231 Å². The number of rotatable bonds is 39. The van der Waals surface area contributed by atoms with Gasteiger partial charge in [-0.25, -0.2) is 0 Å². The third kappa shape index (κ3) is 35.4. The van der Waals surface area contributed by atoms with E-state index in [0.717, 1.165) is 109 Å². The van der Waals surface area contributed by atoms with Crippen LogP contribution in [0.15, 0.2) is 105 Å².